The predicted octanol–water partition coefficient (Wildman–Crippen LogP) is 0.656. The Kier molecular flexibility index (Phi) is 4.55. The molecule has 4 nitrogen and oxygen atoms in total. The maximum Gasteiger partial charge on any atom is 0.215 e. The third-order valence-electron chi connectivity index (χ3n) is 2.60. The first-order chi connectivity index (χ1) is 6.92. The van der Waals surface area contributed by atoms with Gasteiger partial charge in [-0.3, -0.25) is 0 Å². The van der Waals surface area contributed by atoms with Crippen LogP contribution in [0.2, 0.25) is 0 Å². The maximum atomic E-state index is 11.8. The molecule has 1 saturated carbocycles. The summed E-state index contributed by atoms with van der Waals surface area (Å²) in [6.45, 7) is 5.26. The highest BCUT2D eigenvalue weighted by atomic mass is 32.2. The molecule has 1 aliphatic carbocycles. The molecule has 0 amide bonds. The van der Waals surface area contributed by atoms with E-state index in [0.29, 0.717) is 25.0 Å². The van der Waals surface area contributed by atoms with E-state index in [4.69, 9.17) is 0 Å². The Balaban J connectivity index is 2.29. The van der Waals surface area contributed by atoms with Crippen molar-refractivity contribution in [3.8, 4) is 0 Å². The van der Waals surface area contributed by atoms with E-state index in [1.807, 2.05) is 13.8 Å². The molecule has 1 N–H and O–H groups in total. The molecule has 0 saturated heterocycles. The van der Waals surface area contributed by atoms with E-state index < -0.39 is 10.0 Å². The van der Waals surface area contributed by atoms with Crippen LogP contribution in [0, 0.1) is 5.92 Å². The van der Waals surface area contributed by atoms with Gasteiger partial charge in [0.25, 0.3) is 0 Å². The number of sulfonamides is 1. The van der Waals surface area contributed by atoms with Gasteiger partial charge in [0.1, 0.15) is 0 Å². The van der Waals surface area contributed by atoms with Crippen molar-refractivity contribution in [2.45, 2.75) is 32.7 Å². The lowest BCUT2D eigenvalue weighted by Gasteiger charge is -2.17. The average Bonchev–Trinajstić information content (AvgIpc) is 2.86. The highest BCUT2D eigenvalue weighted by Crippen LogP contribution is 2.29. The second kappa shape index (κ2) is 5.27. The van der Waals surface area contributed by atoms with Crippen LogP contribution in [0.1, 0.15) is 26.7 Å². The Morgan fingerprint density at radius 2 is 2.00 bits per heavy atom. The Morgan fingerprint density at radius 1 is 1.40 bits per heavy atom. The third kappa shape index (κ3) is 4.95. The van der Waals surface area contributed by atoms with Crippen molar-refractivity contribution in [1.82, 2.24) is 9.62 Å². The van der Waals surface area contributed by atoms with E-state index in [1.54, 1.807) is 7.05 Å². The van der Waals surface area contributed by atoms with E-state index in [0.717, 1.165) is 0 Å². The molecule has 0 bridgehead atoms. The third-order valence-corrected chi connectivity index (χ3v) is 4.42. The van der Waals surface area contributed by atoms with Gasteiger partial charge in [0.05, 0.1) is 5.75 Å². The fourth-order valence-corrected chi connectivity index (χ4v) is 2.54. The molecular weight excluding hydrogens is 212 g/mol. The van der Waals surface area contributed by atoms with Gasteiger partial charge in [-0.05, 0) is 18.8 Å². The number of rotatable bonds is 7. The zero-order valence-electron chi connectivity index (χ0n) is 9.86. The van der Waals surface area contributed by atoms with Crippen molar-refractivity contribution in [2.75, 3.05) is 25.9 Å². The van der Waals surface area contributed by atoms with Crippen LogP contribution in [0.5, 0.6) is 0 Å². The summed E-state index contributed by atoms with van der Waals surface area (Å²) in [6.07, 6.45) is 2.37. The van der Waals surface area contributed by atoms with Crippen molar-refractivity contribution in [3.63, 3.8) is 0 Å². The minimum absolute atomic E-state index is 0.203. The Hall–Kier alpha value is -0.130. The summed E-state index contributed by atoms with van der Waals surface area (Å²) in [5.41, 5.74) is 0. The van der Waals surface area contributed by atoms with Gasteiger partial charge < -0.3 is 5.32 Å². The fourth-order valence-electron chi connectivity index (χ4n) is 1.41. The van der Waals surface area contributed by atoms with Gasteiger partial charge >= 0.3 is 0 Å². The van der Waals surface area contributed by atoms with Crippen LogP contribution in [-0.4, -0.2) is 44.7 Å². The lowest BCUT2D eigenvalue weighted by Crippen LogP contribution is -2.36. The van der Waals surface area contributed by atoms with Crippen LogP contribution in [0.3, 0.4) is 0 Å². The van der Waals surface area contributed by atoms with Crippen molar-refractivity contribution in [1.29, 1.82) is 0 Å². The van der Waals surface area contributed by atoms with Crippen LogP contribution in [-0.2, 0) is 10.0 Å². The summed E-state index contributed by atoms with van der Waals surface area (Å²) in [6, 6.07) is 0.342. The van der Waals surface area contributed by atoms with Crippen LogP contribution in [0.15, 0.2) is 0 Å². The van der Waals surface area contributed by atoms with E-state index >= 15 is 0 Å². The highest BCUT2D eigenvalue weighted by molar-refractivity contribution is 7.89. The maximum absolute atomic E-state index is 11.8. The zero-order chi connectivity index (χ0) is 11.5. The highest BCUT2D eigenvalue weighted by Gasteiger charge is 2.27. The molecule has 0 aromatic carbocycles. The van der Waals surface area contributed by atoms with E-state index in [1.165, 1.54) is 17.1 Å². The van der Waals surface area contributed by atoms with Gasteiger partial charge in [-0.2, -0.15) is 0 Å². The van der Waals surface area contributed by atoms with E-state index in [2.05, 4.69) is 5.32 Å². The van der Waals surface area contributed by atoms with Crippen LogP contribution in [0.4, 0.5) is 0 Å². The standard InChI is InChI=1S/C10H22N2O2S/c1-9(2)11-6-7-15(13,14)12(3)8-10-4-5-10/h9-11H,4-8H2,1-3H3. The smallest absolute Gasteiger partial charge is 0.215 e. The Labute approximate surface area is 93.1 Å². The lowest BCUT2D eigenvalue weighted by atomic mass is 10.4. The summed E-state index contributed by atoms with van der Waals surface area (Å²) in [5.74, 6) is 0.817. The molecule has 0 aromatic rings. The number of hydrogen-bond acceptors (Lipinski definition) is 3. The SMILES string of the molecule is CC(C)NCCS(=O)(=O)N(C)CC1CC1. The molecule has 15 heavy (non-hydrogen) atoms. The summed E-state index contributed by atoms with van der Waals surface area (Å²) in [5, 5.41) is 3.12. The topological polar surface area (TPSA) is 49.4 Å². The molecule has 0 spiro atoms. The van der Waals surface area contributed by atoms with Crippen LogP contribution < -0.4 is 5.32 Å². The first kappa shape index (κ1) is 12.9. The number of nitrogens with zero attached hydrogens (tertiary/aromatic N) is 1. The number of hydrogen-bond donors (Lipinski definition) is 1. The zero-order valence-corrected chi connectivity index (χ0v) is 10.7. The summed E-state index contributed by atoms with van der Waals surface area (Å²) in [4.78, 5) is 0. The molecule has 1 aliphatic rings. The monoisotopic (exact) mass is 234 g/mol. The van der Waals surface area contributed by atoms with E-state index in [9.17, 15) is 8.42 Å². The second-order valence-corrected chi connectivity index (χ2v) is 6.84. The molecule has 1 fully saturated rings. The van der Waals surface area contributed by atoms with Gasteiger partial charge in [0, 0.05) is 26.2 Å². The molecule has 0 heterocycles. The molecule has 0 aliphatic heterocycles. The van der Waals surface area contributed by atoms with Crippen molar-refractivity contribution in [2.24, 2.45) is 5.92 Å². The molecule has 0 unspecified atom stereocenters. The predicted molar refractivity (Wildman–Crippen MR) is 62.3 cm³/mol. The summed E-state index contributed by atoms with van der Waals surface area (Å²) in [7, 11) is -1.36. The molecular formula is C10H22N2O2S. The van der Waals surface area contributed by atoms with Crippen molar-refractivity contribution in [3.05, 3.63) is 0 Å². The lowest BCUT2D eigenvalue weighted by molar-refractivity contribution is 0.450. The minimum Gasteiger partial charge on any atom is -0.313 e. The molecule has 5 heteroatoms. The second-order valence-electron chi connectivity index (χ2n) is 4.65. The van der Waals surface area contributed by atoms with Crippen molar-refractivity contribution >= 4 is 10.0 Å². The molecule has 0 aromatic heterocycles. The van der Waals surface area contributed by atoms with E-state index in [-0.39, 0.29) is 5.75 Å². The van der Waals surface area contributed by atoms with Crippen LogP contribution >= 0.6 is 0 Å². The Bertz CT molecular complexity index is 284. The van der Waals surface area contributed by atoms with Gasteiger partial charge in [-0.15, -0.1) is 0 Å². The van der Waals surface area contributed by atoms with Gasteiger partial charge in [0.15, 0.2) is 0 Å². The summed E-state index contributed by atoms with van der Waals surface area (Å²) >= 11 is 0. The number of nitrogens with one attached hydrogen (secondary N) is 1. The quantitative estimate of drug-likeness (QED) is 0.704. The average molecular weight is 234 g/mol. The van der Waals surface area contributed by atoms with Crippen LogP contribution in [0.25, 0.3) is 0 Å². The normalized spacial score (nSPS) is 17.7. The van der Waals surface area contributed by atoms with Gasteiger partial charge in [-0.25, -0.2) is 12.7 Å². The fraction of sp³-hybridized carbons (Fsp3) is 1.00. The van der Waals surface area contributed by atoms with Gasteiger partial charge in [0.2, 0.25) is 10.0 Å². The first-order valence-corrected chi connectivity index (χ1v) is 7.20. The molecule has 0 radical (unpaired) electrons. The molecule has 90 valence electrons. The largest absolute Gasteiger partial charge is 0.313 e. The van der Waals surface area contributed by atoms with Crippen molar-refractivity contribution < 1.29 is 8.42 Å². The summed E-state index contributed by atoms with van der Waals surface area (Å²) < 4.78 is 25.0. The first-order valence-electron chi connectivity index (χ1n) is 5.59. The minimum atomic E-state index is -3.04. The van der Waals surface area contributed by atoms with Gasteiger partial charge in [-0.1, -0.05) is 13.8 Å². The Morgan fingerprint density at radius 3 is 2.47 bits per heavy atom. The molecule has 1 rings (SSSR count). The molecule has 0 atom stereocenters.